The van der Waals surface area contributed by atoms with Crippen molar-refractivity contribution < 1.29 is 9.53 Å². The van der Waals surface area contributed by atoms with Crippen LogP contribution in [-0.4, -0.2) is 48.0 Å². The van der Waals surface area contributed by atoms with Gasteiger partial charge in [0.25, 0.3) is 0 Å². The molecule has 1 aromatic rings. The average molecular weight is 357 g/mol. The summed E-state index contributed by atoms with van der Waals surface area (Å²) in [5.41, 5.74) is 1.14. The maximum Gasteiger partial charge on any atom is 0.225 e. The highest BCUT2D eigenvalue weighted by molar-refractivity contribution is 5.85. The van der Waals surface area contributed by atoms with E-state index in [4.69, 9.17) is 4.74 Å². The van der Waals surface area contributed by atoms with E-state index in [1.54, 1.807) is 4.68 Å². The summed E-state index contributed by atoms with van der Waals surface area (Å²) in [5.74, 6) is 0.313. The predicted octanol–water partition coefficient (Wildman–Crippen LogP) is 1.61. The molecular weight excluding hydrogens is 328 g/mol. The van der Waals surface area contributed by atoms with Gasteiger partial charge in [0.2, 0.25) is 5.91 Å². The zero-order chi connectivity index (χ0) is 16.1. The van der Waals surface area contributed by atoms with E-state index < -0.39 is 0 Å². The molecule has 0 aromatic carbocycles. The molecule has 6 nitrogen and oxygen atoms in total. The van der Waals surface area contributed by atoms with Crippen molar-refractivity contribution in [3.63, 3.8) is 0 Å². The molecule has 2 fully saturated rings. The monoisotopic (exact) mass is 356 g/mol. The number of carbonyl (C=O) groups excluding carboxylic acids is 1. The summed E-state index contributed by atoms with van der Waals surface area (Å²) in [5, 5.41) is 10.6. The number of aryl methyl sites for hydroxylation is 1. The van der Waals surface area contributed by atoms with Crippen LogP contribution in [-0.2, 0) is 16.6 Å². The van der Waals surface area contributed by atoms with E-state index in [2.05, 4.69) is 15.7 Å². The van der Waals surface area contributed by atoms with E-state index in [0.29, 0.717) is 19.3 Å². The lowest BCUT2D eigenvalue weighted by molar-refractivity contribution is -0.125. The van der Waals surface area contributed by atoms with E-state index in [1.165, 1.54) is 32.1 Å². The van der Waals surface area contributed by atoms with Gasteiger partial charge in [-0.05, 0) is 18.4 Å². The van der Waals surface area contributed by atoms with Gasteiger partial charge in [0.15, 0.2) is 0 Å². The van der Waals surface area contributed by atoms with Crippen LogP contribution in [0.1, 0.15) is 43.6 Å². The number of nitrogens with zero attached hydrogens (tertiary/aromatic N) is 2. The lowest BCUT2D eigenvalue weighted by Gasteiger charge is -2.22. The average Bonchev–Trinajstić information content (AvgIpc) is 3.21. The summed E-state index contributed by atoms with van der Waals surface area (Å²) in [6.07, 6.45) is 10.5. The summed E-state index contributed by atoms with van der Waals surface area (Å²) in [6.45, 7) is 2.79. The van der Waals surface area contributed by atoms with Gasteiger partial charge in [-0.1, -0.05) is 19.3 Å². The van der Waals surface area contributed by atoms with E-state index >= 15 is 0 Å². The highest BCUT2D eigenvalue weighted by atomic mass is 35.5. The fraction of sp³-hybridized carbons (Fsp3) is 0.765. The van der Waals surface area contributed by atoms with Crippen LogP contribution in [0.3, 0.4) is 0 Å². The Balaban J connectivity index is 0.00000208. The lowest BCUT2D eigenvalue weighted by atomic mass is 9.90. The number of halogens is 1. The molecule has 2 aliphatic rings. The standard InChI is InChI=1S/C17H28N4O2.ClH/c1-21-12-13(9-20-21)15-10-18-11-16(15)17(22)19-7-8-23-14-5-3-2-4-6-14;/h9,12,14-16,18H,2-8,10-11H2,1H3,(H,19,22);1H/t15-,16+;/m1./s1. The van der Waals surface area contributed by atoms with Gasteiger partial charge in [-0.2, -0.15) is 5.10 Å². The third kappa shape index (κ3) is 4.94. The molecule has 1 amide bonds. The third-order valence-corrected chi connectivity index (χ3v) is 5.01. The molecule has 136 valence electrons. The lowest BCUT2D eigenvalue weighted by Crippen LogP contribution is -2.36. The number of nitrogens with one attached hydrogen (secondary N) is 2. The Morgan fingerprint density at radius 3 is 2.88 bits per heavy atom. The highest BCUT2D eigenvalue weighted by Crippen LogP contribution is 2.27. The Labute approximate surface area is 150 Å². The second-order valence-corrected chi connectivity index (χ2v) is 6.74. The summed E-state index contributed by atoms with van der Waals surface area (Å²) in [4.78, 5) is 12.5. The van der Waals surface area contributed by atoms with Crippen molar-refractivity contribution in [3.05, 3.63) is 18.0 Å². The number of ether oxygens (including phenoxy) is 1. The van der Waals surface area contributed by atoms with Crippen LogP contribution < -0.4 is 10.6 Å². The summed E-state index contributed by atoms with van der Waals surface area (Å²) >= 11 is 0. The van der Waals surface area contributed by atoms with Gasteiger partial charge in [-0.15, -0.1) is 12.4 Å². The molecule has 0 unspecified atom stereocenters. The molecule has 1 saturated heterocycles. The molecular formula is C17H29ClN4O2. The number of rotatable bonds is 6. The largest absolute Gasteiger partial charge is 0.376 e. The van der Waals surface area contributed by atoms with E-state index in [1.807, 2.05) is 19.4 Å². The van der Waals surface area contributed by atoms with Gasteiger partial charge in [0, 0.05) is 38.8 Å². The smallest absolute Gasteiger partial charge is 0.225 e. The minimum atomic E-state index is -0.0196. The van der Waals surface area contributed by atoms with E-state index in [-0.39, 0.29) is 30.2 Å². The molecule has 0 bridgehead atoms. The third-order valence-electron chi connectivity index (χ3n) is 5.01. The van der Waals surface area contributed by atoms with Gasteiger partial charge >= 0.3 is 0 Å². The zero-order valence-electron chi connectivity index (χ0n) is 14.4. The molecule has 1 saturated carbocycles. The molecule has 0 spiro atoms. The van der Waals surface area contributed by atoms with Crippen LogP contribution in [0.25, 0.3) is 0 Å². The Morgan fingerprint density at radius 2 is 2.17 bits per heavy atom. The zero-order valence-corrected chi connectivity index (χ0v) is 15.2. The predicted molar refractivity (Wildman–Crippen MR) is 95.4 cm³/mol. The van der Waals surface area contributed by atoms with Crippen LogP contribution in [0.4, 0.5) is 0 Å². The van der Waals surface area contributed by atoms with Crippen LogP contribution >= 0.6 is 12.4 Å². The number of hydrogen-bond acceptors (Lipinski definition) is 4. The first kappa shape index (κ1) is 19.2. The van der Waals surface area contributed by atoms with Gasteiger partial charge in [0.1, 0.15) is 0 Å². The number of amides is 1. The van der Waals surface area contributed by atoms with Crippen LogP contribution in [0.5, 0.6) is 0 Å². The highest BCUT2D eigenvalue weighted by Gasteiger charge is 2.34. The maximum absolute atomic E-state index is 12.5. The van der Waals surface area contributed by atoms with Crippen molar-refractivity contribution in [2.24, 2.45) is 13.0 Å². The molecule has 1 aliphatic heterocycles. The molecule has 2 heterocycles. The van der Waals surface area contributed by atoms with Crippen LogP contribution in [0, 0.1) is 5.92 Å². The Morgan fingerprint density at radius 1 is 1.38 bits per heavy atom. The second-order valence-electron chi connectivity index (χ2n) is 6.74. The van der Waals surface area contributed by atoms with E-state index in [9.17, 15) is 4.79 Å². The normalized spacial score (nSPS) is 24.5. The first-order valence-electron chi connectivity index (χ1n) is 8.82. The van der Waals surface area contributed by atoms with Crippen molar-refractivity contribution in [2.45, 2.75) is 44.1 Å². The first-order chi connectivity index (χ1) is 11.2. The van der Waals surface area contributed by atoms with Gasteiger partial charge < -0.3 is 15.4 Å². The quantitative estimate of drug-likeness (QED) is 0.760. The van der Waals surface area contributed by atoms with Crippen molar-refractivity contribution in [1.29, 1.82) is 0 Å². The Bertz CT molecular complexity index is 516. The van der Waals surface area contributed by atoms with Crippen molar-refractivity contribution in [3.8, 4) is 0 Å². The van der Waals surface area contributed by atoms with Gasteiger partial charge in [0.05, 0.1) is 24.8 Å². The van der Waals surface area contributed by atoms with Crippen LogP contribution in [0.2, 0.25) is 0 Å². The topological polar surface area (TPSA) is 68.2 Å². The van der Waals surface area contributed by atoms with Crippen molar-refractivity contribution in [1.82, 2.24) is 20.4 Å². The number of aromatic nitrogens is 2. The molecule has 0 radical (unpaired) electrons. The van der Waals surface area contributed by atoms with Crippen molar-refractivity contribution in [2.75, 3.05) is 26.2 Å². The maximum atomic E-state index is 12.5. The second kappa shape index (κ2) is 9.39. The SMILES string of the molecule is Cl.Cn1cc([C@H]2CNC[C@@H]2C(=O)NCCOC2CCCCC2)cn1. The number of hydrogen-bond donors (Lipinski definition) is 2. The molecule has 3 rings (SSSR count). The van der Waals surface area contributed by atoms with Crippen LogP contribution in [0.15, 0.2) is 12.4 Å². The molecule has 7 heteroatoms. The van der Waals surface area contributed by atoms with Gasteiger partial charge in [-0.3, -0.25) is 9.48 Å². The molecule has 1 aromatic heterocycles. The fourth-order valence-corrected chi connectivity index (χ4v) is 3.70. The Hall–Kier alpha value is -1.11. The minimum absolute atomic E-state index is 0. The molecule has 1 aliphatic carbocycles. The molecule has 24 heavy (non-hydrogen) atoms. The summed E-state index contributed by atoms with van der Waals surface area (Å²) in [7, 11) is 1.91. The first-order valence-corrected chi connectivity index (χ1v) is 8.82. The molecule has 2 N–H and O–H groups in total. The fourth-order valence-electron chi connectivity index (χ4n) is 3.70. The number of carbonyl (C=O) groups is 1. The summed E-state index contributed by atoms with van der Waals surface area (Å²) in [6, 6.07) is 0. The molecule has 2 atom stereocenters. The minimum Gasteiger partial charge on any atom is -0.376 e. The van der Waals surface area contributed by atoms with E-state index in [0.717, 1.165) is 18.7 Å². The Kier molecular flexibility index (Phi) is 7.52. The van der Waals surface area contributed by atoms with Gasteiger partial charge in [-0.25, -0.2) is 0 Å². The summed E-state index contributed by atoms with van der Waals surface area (Å²) < 4.78 is 7.66. The van der Waals surface area contributed by atoms with Crippen molar-refractivity contribution >= 4 is 18.3 Å².